The van der Waals surface area contributed by atoms with E-state index in [9.17, 15) is 14.7 Å². The van der Waals surface area contributed by atoms with E-state index in [1.807, 2.05) is 6.92 Å². The maximum Gasteiger partial charge on any atom is 0.329 e. The summed E-state index contributed by atoms with van der Waals surface area (Å²) in [6.07, 6.45) is 0.760. The average molecular weight is 258 g/mol. The first-order valence-electron chi connectivity index (χ1n) is 5.30. The zero-order valence-corrected chi connectivity index (χ0v) is 10.1. The lowest BCUT2D eigenvalue weighted by molar-refractivity contribution is 0.0963. The lowest BCUT2D eigenvalue weighted by Gasteiger charge is -2.18. The van der Waals surface area contributed by atoms with Crippen molar-refractivity contribution in [3.8, 4) is 0 Å². The zero-order valence-electron chi connectivity index (χ0n) is 9.24. The molecule has 1 aromatic rings. The molecule has 1 aliphatic heterocycles. The van der Waals surface area contributed by atoms with Gasteiger partial charge < -0.3 is 10.2 Å². The maximum atomic E-state index is 11.6. The largest absolute Gasteiger partial charge is 0.395 e. The number of thioether (sulfide) groups is 1. The van der Waals surface area contributed by atoms with Gasteiger partial charge in [0.25, 0.3) is 5.56 Å². The second kappa shape index (κ2) is 4.67. The van der Waals surface area contributed by atoms with E-state index in [2.05, 4.69) is 4.98 Å². The standard InChI is InChI=1S/C10H14N2O4S/c1-5-8(15)6(4-13)17-9(5)12-3-2-7(14)11-10(12)16/h2-3,5-6,8-9,13,15H,4H2,1H3,(H,11,14,16)/t5-,6-,8+,9-/m1/s1. The van der Waals surface area contributed by atoms with Crippen LogP contribution in [0.2, 0.25) is 0 Å². The van der Waals surface area contributed by atoms with Gasteiger partial charge in [-0.2, -0.15) is 0 Å². The molecule has 0 spiro atoms. The normalized spacial score (nSPS) is 32.9. The summed E-state index contributed by atoms with van der Waals surface area (Å²) in [5, 5.41) is 18.4. The Hall–Kier alpha value is -1.05. The number of aliphatic hydroxyl groups excluding tert-OH is 2. The minimum absolute atomic E-state index is 0.134. The highest BCUT2D eigenvalue weighted by Gasteiger charge is 2.41. The number of aromatic nitrogens is 2. The van der Waals surface area contributed by atoms with Crippen molar-refractivity contribution in [2.75, 3.05) is 6.61 Å². The van der Waals surface area contributed by atoms with Gasteiger partial charge in [-0.15, -0.1) is 11.8 Å². The van der Waals surface area contributed by atoms with Crippen molar-refractivity contribution in [1.82, 2.24) is 9.55 Å². The fourth-order valence-corrected chi connectivity index (χ4v) is 3.55. The van der Waals surface area contributed by atoms with Gasteiger partial charge in [0.2, 0.25) is 0 Å². The van der Waals surface area contributed by atoms with Gasteiger partial charge >= 0.3 is 5.69 Å². The molecule has 0 saturated carbocycles. The van der Waals surface area contributed by atoms with Crippen LogP contribution in [0.15, 0.2) is 21.9 Å². The monoisotopic (exact) mass is 258 g/mol. The summed E-state index contributed by atoms with van der Waals surface area (Å²) in [5.74, 6) is -0.166. The predicted octanol–water partition coefficient (Wildman–Crippen LogP) is -0.860. The highest BCUT2D eigenvalue weighted by molar-refractivity contribution is 8.00. The van der Waals surface area contributed by atoms with Crippen molar-refractivity contribution in [3.63, 3.8) is 0 Å². The number of nitrogens with one attached hydrogen (secondary N) is 1. The lowest BCUT2D eigenvalue weighted by atomic mass is 10.0. The minimum atomic E-state index is -0.658. The third-order valence-corrected chi connectivity index (χ3v) is 4.70. The highest BCUT2D eigenvalue weighted by Crippen LogP contribution is 2.44. The number of aliphatic hydroxyl groups is 2. The highest BCUT2D eigenvalue weighted by atomic mass is 32.2. The molecule has 6 nitrogen and oxygen atoms in total. The van der Waals surface area contributed by atoms with Gasteiger partial charge in [0, 0.05) is 18.2 Å². The molecule has 94 valence electrons. The van der Waals surface area contributed by atoms with Crippen LogP contribution in [0, 0.1) is 5.92 Å². The summed E-state index contributed by atoms with van der Waals surface area (Å²) in [6, 6.07) is 1.27. The quantitative estimate of drug-likeness (QED) is 0.641. The molecule has 0 amide bonds. The molecule has 17 heavy (non-hydrogen) atoms. The average Bonchev–Trinajstić information content (AvgIpc) is 2.57. The van der Waals surface area contributed by atoms with Gasteiger partial charge in [-0.3, -0.25) is 14.3 Å². The Labute approximate surface area is 101 Å². The first kappa shape index (κ1) is 12.4. The maximum absolute atomic E-state index is 11.6. The van der Waals surface area contributed by atoms with Crippen molar-refractivity contribution >= 4 is 11.8 Å². The van der Waals surface area contributed by atoms with Crippen LogP contribution >= 0.6 is 11.8 Å². The first-order valence-corrected chi connectivity index (χ1v) is 6.24. The number of H-pyrrole nitrogens is 1. The van der Waals surface area contributed by atoms with Crippen LogP contribution in [0.4, 0.5) is 0 Å². The molecule has 1 saturated heterocycles. The van der Waals surface area contributed by atoms with E-state index in [1.165, 1.54) is 28.6 Å². The summed E-state index contributed by atoms with van der Waals surface area (Å²) in [7, 11) is 0. The Morgan fingerprint density at radius 2 is 2.24 bits per heavy atom. The molecule has 1 fully saturated rings. The van der Waals surface area contributed by atoms with E-state index in [1.54, 1.807) is 0 Å². The predicted molar refractivity (Wildman–Crippen MR) is 64.0 cm³/mol. The van der Waals surface area contributed by atoms with Gasteiger partial charge in [0.05, 0.1) is 23.3 Å². The van der Waals surface area contributed by atoms with Gasteiger partial charge in [-0.25, -0.2) is 4.79 Å². The summed E-state index contributed by atoms with van der Waals surface area (Å²) >= 11 is 1.34. The van der Waals surface area contributed by atoms with Gasteiger partial charge in [0.15, 0.2) is 0 Å². The minimum Gasteiger partial charge on any atom is -0.395 e. The second-order valence-electron chi connectivity index (χ2n) is 4.11. The van der Waals surface area contributed by atoms with Gasteiger partial charge in [-0.1, -0.05) is 6.92 Å². The Balaban J connectivity index is 2.35. The van der Waals surface area contributed by atoms with Crippen LogP contribution in [-0.2, 0) is 0 Å². The molecule has 3 N–H and O–H groups in total. The number of nitrogens with zero attached hydrogens (tertiary/aromatic N) is 1. The summed E-state index contributed by atoms with van der Waals surface area (Å²) < 4.78 is 1.38. The smallest absolute Gasteiger partial charge is 0.329 e. The molecule has 1 aliphatic rings. The molecule has 0 radical (unpaired) electrons. The van der Waals surface area contributed by atoms with Crippen molar-refractivity contribution in [2.24, 2.45) is 5.92 Å². The number of hydrogen-bond donors (Lipinski definition) is 3. The Morgan fingerprint density at radius 1 is 1.53 bits per heavy atom. The first-order chi connectivity index (χ1) is 8.04. The van der Waals surface area contributed by atoms with Crippen molar-refractivity contribution < 1.29 is 10.2 Å². The summed E-state index contributed by atoms with van der Waals surface area (Å²) in [4.78, 5) is 24.8. The molecular formula is C10H14N2O4S. The summed E-state index contributed by atoms with van der Waals surface area (Å²) in [6.45, 7) is 1.68. The van der Waals surface area contributed by atoms with Crippen LogP contribution in [0.25, 0.3) is 0 Å². The van der Waals surface area contributed by atoms with E-state index in [4.69, 9.17) is 5.11 Å². The molecular weight excluding hydrogens is 244 g/mol. The number of rotatable bonds is 2. The SMILES string of the molecule is C[C@@H]1[C@H](O)[C@@H](CO)S[C@H]1n1ccc(=O)[nH]c1=O. The van der Waals surface area contributed by atoms with Gasteiger partial charge in [-0.05, 0) is 0 Å². The fraction of sp³-hybridized carbons (Fsp3) is 0.600. The molecule has 1 aromatic heterocycles. The Kier molecular flexibility index (Phi) is 3.41. The zero-order chi connectivity index (χ0) is 12.6. The van der Waals surface area contributed by atoms with Crippen molar-refractivity contribution in [3.05, 3.63) is 33.1 Å². The van der Waals surface area contributed by atoms with Crippen LogP contribution in [0.1, 0.15) is 12.3 Å². The number of aromatic amines is 1. The van der Waals surface area contributed by atoms with Crippen molar-refractivity contribution in [1.29, 1.82) is 0 Å². The Morgan fingerprint density at radius 3 is 2.76 bits per heavy atom. The molecule has 0 bridgehead atoms. The van der Waals surface area contributed by atoms with Crippen LogP contribution in [0.3, 0.4) is 0 Å². The van der Waals surface area contributed by atoms with E-state index in [0.29, 0.717) is 0 Å². The van der Waals surface area contributed by atoms with E-state index < -0.39 is 17.4 Å². The second-order valence-corrected chi connectivity index (χ2v) is 5.48. The van der Waals surface area contributed by atoms with Crippen molar-refractivity contribution in [2.45, 2.75) is 23.7 Å². The molecule has 2 rings (SSSR count). The van der Waals surface area contributed by atoms with E-state index >= 15 is 0 Å². The fourth-order valence-electron chi connectivity index (χ4n) is 1.99. The molecule has 0 unspecified atom stereocenters. The van der Waals surface area contributed by atoms with E-state index in [0.717, 1.165) is 0 Å². The number of hydrogen-bond acceptors (Lipinski definition) is 5. The van der Waals surface area contributed by atoms with Crippen LogP contribution in [-0.4, -0.2) is 37.7 Å². The van der Waals surface area contributed by atoms with Gasteiger partial charge in [0.1, 0.15) is 0 Å². The molecule has 0 aliphatic carbocycles. The molecule has 4 atom stereocenters. The lowest BCUT2D eigenvalue weighted by Crippen LogP contribution is -2.33. The molecule has 2 heterocycles. The van der Waals surface area contributed by atoms with E-state index in [-0.39, 0.29) is 23.1 Å². The third-order valence-electron chi connectivity index (χ3n) is 2.99. The molecule has 0 aromatic carbocycles. The molecule has 7 heteroatoms. The summed E-state index contributed by atoms with van der Waals surface area (Å²) in [5.41, 5.74) is -0.936. The third kappa shape index (κ3) is 2.18. The topological polar surface area (TPSA) is 95.3 Å². The Bertz CT molecular complexity index is 512. The van der Waals surface area contributed by atoms with Crippen LogP contribution in [0.5, 0.6) is 0 Å². The van der Waals surface area contributed by atoms with Crippen LogP contribution < -0.4 is 11.2 Å².